The van der Waals surface area contributed by atoms with Gasteiger partial charge in [0, 0.05) is 20.1 Å². The first-order valence-electron chi connectivity index (χ1n) is 8.39. The number of hydrogen-bond donors (Lipinski definition) is 1. The highest BCUT2D eigenvalue weighted by atomic mass is 16.5. The topological polar surface area (TPSA) is 85.7 Å². The van der Waals surface area contributed by atoms with E-state index in [1.807, 2.05) is 10.7 Å². The third kappa shape index (κ3) is 4.33. The first-order chi connectivity index (χ1) is 11.6. The van der Waals surface area contributed by atoms with Gasteiger partial charge >= 0.3 is 0 Å². The van der Waals surface area contributed by atoms with Crippen LogP contribution in [0, 0.1) is 0 Å². The van der Waals surface area contributed by atoms with Crippen molar-refractivity contribution in [2.45, 2.75) is 45.5 Å². The Bertz CT molecular complexity index is 595. The van der Waals surface area contributed by atoms with Gasteiger partial charge in [-0.05, 0) is 18.9 Å². The Hall–Kier alpha value is -1.93. The minimum Gasteiger partial charge on any atom is -0.376 e. The van der Waals surface area contributed by atoms with Gasteiger partial charge in [0.15, 0.2) is 0 Å². The molecule has 1 aromatic heterocycles. The van der Waals surface area contributed by atoms with Gasteiger partial charge in [-0.1, -0.05) is 0 Å². The Morgan fingerprint density at radius 1 is 1.46 bits per heavy atom. The first kappa shape index (κ1) is 16.9. The number of nitrogens with zero attached hydrogens (tertiary/aromatic N) is 3. The summed E-state index contributed by atoms with van der Waals surface area (Å²) in [5.41, 5.74) is 1.79. The SMILES string of the molecule is CC(=O)NCc1cc2n(n1)CCN(C(=O)COC[C@H]1CCCO1)C2. The van der Waals surface area contributed by atoms with Crippen LogP contribution in [-0.4, -0.2) is 59.0 Å². The quantitative estimate of drug-likeness (QED) is 0.794. The van der Waals surface area contributed by atoms with E-state index < -0.39 is 0 Å². The van der Waals surface area contributed by atoms with Crippen LogP contribution < -0.4 is 5.32 Å². The van der Waals surface area contributed by atoms with Crippen LogP contribution >= 0.6 is 0 Å². The van der Waals surface area contributed by atoms with Crippen molar-refractivity contribution in [2.75, 3.05) is 26.4 Å². The molecule has 3 heterocycles. The van der Waals surface area contributed by atoms with E-state index in [-0.39, 0.29) is 24.5 Å². The number of fused-ring (bicyclic) bond motifs is 1. The summed E-state index contributed by atoms with van der Waals surface area (Å²) in [4.78, 5) is 25.0. The van der Waals surface area contributed by atoms with Crippen molar-refractivity contribution in [2.24, 2.45) is 0 Å². The maximum absolute atomic E-state index is 12.3. The molecule has 1 fully saturated rings. The van der Waals surface area contributed by atoms with Crippen molar-refractivity contribution in [3.63, 3.8) is 0 Å². The molecule has 132 valence electrons. The molecule has 8 nitrogen and oxygen atoms in total. The molecule has 8 heteroatoms. The van der Waals surface area contributed by atoms with Crippen molar-refractivity contribution in [1.82, 2.24) is 20.0 Å². The zero-order chi connectivity index (χ0) is 16.9. The zero-order valence-corrected chi connectivity index (χ0v) is 14.0. The average molecular weight is 336 g/mol. The van der Waals surface area contributed by atoms with Gasteiger partial charge in [-0.2, -0.15) is 5.10 Å². The molecule has 24 heavy (non-hydrogen) atoms. The van der Waals surface area contributed by atoms with Crippen LogP contribution in [0.15, 0.2) is 6.07 Å². The highest BCUT2D eigenvalue weighted by molar-refractivity contribution is 5.77. The fourth-order valence-electron chi connectivity index (χ4n) is 2.98. The summed E-state index contributed by atoms with van der Waals surface area (Å²) in [5, 5.41) is 7.18. The second-order valence-electron chi connectivity index (χ2n) is 6.23. The first-order valence-corrected chi connectivity index (χ1v) is 8.39. The highest BCUT2D eigenvalue weighted by Crippen LogP contribution is 2.15. The normalized spacial score (nSPS) is 20.0. The van der Waals surface area contributed by atoms with Crippen LogP contribution in [0.2, 0.25) is 0 Å². The highest BCUT2D eigenvalue weighted by Gasteiger charge is 2.23. The molecule has 0 radical (unpaired) electrons. The molecule has 0 aliphatic carbocycles. The van der Waals surface area contributed by atoms with Crippen LogP contribution in [0.3, 0.4) is 0 Å². The zero-order valence-electron chi connectivity index (χ0n) is 14.0. The summed E-state index contributed by atoms with van der Waals surface area (Å²) >= 11 is 0. The summed E-state index contributed by atoms with van der Waals surface area (Å²) in [6.07, 6.45) is 2.21. The predicted molar refractivity (Wildman–Crippen MR) is 85.0 cm³/mol. The van der Waals surface area contributed by atoms with Gasteiger partial charge in [-0.25, -0.2) is 0 Å². The van der Waals surface area contributed by atoms with E-state index in [0.717, 1.165) is 30.8 Å². The lowest BCUT2D eigenvalue weighted by Gasteiger charge is -2.27. The number of rotatable bonds is 6. The Labute approximate surface area is 141 Å². The Morgan fingerprint density at radius 2 is 2.33 bits per heavy atom. The molecule has 0 spiro atoms. The maximum Gasteiger partial charge on any atom is 0.248 e. The molecule has 0 aromatic carbocycles. The third-order valence-electron chi connectivity index (χ3n) is 4.27. The van der Waals surface area contributed by atoms with Crippen molar-refractivity contribution in [1.29, 1.82) is 0 Å². The number of hydrogen-bond acceptors (Lipinski definition) is 5. The van der Waals surface area contributed by atoms with Gasteiger partial charge in [0.2, 0.25) is 11.8 Å². The van der Waals surface area contributed by atoms with Gasteiger partial charge in [0.25, 0.3) is 0 Å². The van der Waals surface area contributed by atoms with E-state index in [1.54, 1.807) is 4.90 Å². The molecular weight excluding hydrogens is 312 g/mol. The molecule has 3 rings (SSSR count). The van der Waals surface area contributed by atoms with Gasteiger partial charge in [0.1, 0.15) is 6.61 Å². The lowest BCUT2D eigenvalue weighted by molar-refractivity contribution is -0.138. The molecular formula is C16H24N4O4. The second-order valence-corrected chi connectivity index (χ2v) is 6.23. The van der Waals surface area contributed by atoms with Crippen molar-refractivity contribution >= 4 is 11.8 Å². The molecule has 1 saturated heterocycles. The summed E-state index contributed by atoms with van der Waals surface area (Å²) in [7, 11) is 0. The van der Waals surface area contributed by atoms with Crippen molar-refractivity contribution in [3.8, 4) is 0 Å². The fraction of sp³-hybridized carbons (Fsp3) is 0.688. The summed E-state index contributed by atoms with van der Waals surface area (Å²) in [6, 6.07) is 1.93. The van der Waals surface area contributed by atoms with Crippen LogP contribution in [0.4, 0.5) is 0 Å². The standard InChI is InChI=1S/C16H24N4O4/c1-12(21)17-8-13-7-14-9-19(4-5-20(14)18-13)16(22)11-23-10-15-3-2-6-24-15/h7,15H,2-6,8-11H2,1H3,(H,17,21)/t15-/m1/s1. The van der Waals surface area contributed by atoms with E-state index in [2.05, 4.69) is 10.4 Å². The molecule has 2 amide bonds. The fourth-order valence-corrected chi connectivity index (χ4v) is 2.98. The number of carbonyl (C=O) groups is 2. The summed E-state index contributed by atoms with van der Waals surface area (Å²) in [5.74, 6) is -0.0926. The molecule has 0 unspecified atom stereocenters. The number of carbonyl (C=O) groups excluding carboxylic acids is 2. The van der Waals surface area contributed by atoms with E-state index in [1.165, 1.54) is 6.92 Å². The van der Waals surface area contributed by atoms with Gasteiger partial charge < -0.3 is 19.7 Å². The number of nitrogens with one attached hydrogen (secondary N) is 1. The number of aromatic nitrogens is 2. The number of ether oxygens (including phenoxy) is 2. The van der Waals surface area contributed by atoms with E-state index in [4.69, 9.17) is 9.47 Å². The van der Waals surface area contributed by atoms with Crippen LogP contribution in [0.1, 0.15) is 31.2 Å². The average Bonchev–Trinajstić information content (AvgIpc) is 3.21. The summed E-state index contributed by atoms with van der Waals surface area (Å²) in [6.45, 7) is 5.06. The van der Waals surface area contributed by atoms with Gasteiger partial charge in [0.05, 0.1) is 43.7 Å². The molecule has 0 saturated carbocycles. The van der Waals surface area contributed by atoms with Crippen LogP contribution in [0.5, 0.6) is 0 Å². The minimum absolute atomic E-state index is 0.0103. The Kier molecular flexibility index (Phi) is 5.47. The van der Waals surface area contributed by atoms with E-state index >= 15 is 0 Å². The Balaban J connectivity index is 1.46. The predicted octanol–water partition coefficient (Wildman–Crippen LogP) is 0.0570. The largest absolute Gasteiger partial charge is 0.376 e. The van der Waals surface area contributed by atoms with Gasteiger partial charge in [-0.3, -0.25) is 14.3 Å². The molecule has 0 bridgehead atoms. The van der Waals surface area contributed by atoms with Crippen LogP contribution in [0.25, 0.3) is 0 Å². The lowest BCUT2D eigenvalue weighted by Crippen LogP contribution is -2.40. The third-order valence-corrected chi connectivity index (χ3v) is 4.27. The van der Waals surface area contributed by atoms with Crippen molar-refractivity contribution < 1.29 is 19.1 Å². The molecule has 1 N–H and O–H groups in total. The molecule has 1 atom stereocenters. The smallest absolute Gasteiger partial charge is 0.248 e. The minimum atomic E-state index is -0.0823. The molecule has 2 aliphatic rings. The molecule has 2 aliphatic heterocycles. The molecule has 1 aromatic rings. The Morgan fingerprint density at radius 3 is 3.08 bits per heavy atom. The second kappa shape index (κ2) is 7.76. The maximum atomic E-state index is 12.3. The summed E-state index contributed by atoms with van der Waals surface area (Å²) < 4.78 is 12.9. The lowest BCUT2D eigenvalue weighted by atomic mass is 10.2. The van der Waals surface area contributed by atoms with Gasteiger partial charge in [-0.15, -0.1) is 0 Å². The van der Waals surface area contributed by atoms with E-state index in [9.17, 15) is 9.59 Å². The monoisotopic (exact) mass is 336 g/mol. The number of amides is 2. The van der Waals surface area contributed by atoms with E-state index in [0.29, 0.717) is 32.8 Å². The van der Waals surface area contributed by atoms with Crippen LogP contribution in [-0.2, 0) is 38.7 Å². The van der Waals surface area contributed by atoms with Crippen molar-refractivity contribution in [3.05, 3.63) is 17.5 Å².